The highest BCUT2D eigenvalue weighted by Crippen LogP contribution is 2.18. The molecule has 1 heterocycles. The lowest BCUT2D eigenvalue weighted by Gasteiger charge is -2.06. The van der Waals surface area contributed by atoms with Crippen LogP contribution in [-0.4, -0.2) is 15.7 Å². The number of unbranched alkanes of at least 4 members (excludes halogenated alkanes) is 2. The molecule has 0 spiro atoms. The van der Waals surface area contributed by atoms with Crippen LogP contribution in [0.5, 0.6) is 6.01 Å². The fourth-order valence-electron chi connectivity index (χ4n) is 2.05. The molecule has 0 fully saturated rings. The molecule has 2 rings (SSSR count). The second-order valence-corrected chi connectivity index (χ2v) is 5.40. The van der Waals surface area contributed by atoms with E-state index in [1.807, 2.05) is 0 Å². The molecule has 0 radical (unpaired) electrons. The predicted octanol–water partition coefficient (Wildman–Crippen LogP) is 4.62. The van der Waals surface area contributed by atoms with E-state index in [0.717, 1.165) is 31.0 Å². The largest absolute Gasteiger partial charge is 0.459 e. The second-order valence-electron chi connectivity index (χ2n) is 5.40. The van der Waals surface area contributed by atoms with Crippen molar-refractivity contribution in [3.63, 3.8) is 0 Å². The van der Waals surface area contributed by atoms with E-state index in [9.17, 15) is 8.78 Å². The SMILES string of the molecule is C#C/C(CCCCC)=N/c1nc(OCc2ccc(F)cc2)ncc1F. The van der Waals surface area contributed by atoms with Gasteiger partial charge < -0.3 is 4.74 Å². The summed E-state index contributed by atoms with van der Waals surface area (Å²) in [5, 5.41) is 0. The lowest BCUT2D eigenvalue weighted by Crippen LogP contribution is -2.01. The summed E-state index contributed by atoms with van der Waals surface area (Å²) in [6, 6.07) is 5.81. The molecule has 0 amide bonds. The normalized spacial score (nSPS) is 11.2. The zero-order chi connectivity index (χ0) is 18.1. The number of ether oxygens (including phenoxy) is 1. The van der Waals surface area contributed by atoms with E-state index in [2.05, 4.69) is 27.8 Å². The Bertz CT molecular complexity index is 767. The Morgan fingerprint density at radius 1 is 1.24 bits per heavy atom. The van der Waals surface area contributed by atoms with Crippen molar-refractivity contribution >= 4 is 11.5 Å². The monoisotopic (exact) mass is 343 g/mol. The molecule has 0 saturated carbocycles. The molecule has 1 aromatic carbocycles. The van der Waals surface area contributed by atoms with Crippen molar-refractivity contribution in [1.29, 1.82) is 0 Å². The van der Waals surface area contributed by atoms with Gasteiger partial charge in [-0.1, -0.05) is 37.8 Å². The van der Waals surface area contributed by atoms with Crippen LogP contribution < -0.4 is 4.74 Å². The quantitative estimate of drug-likeness (QED) is 0.399. The van der Waals surface area contributed by atoms with Crippen LogP contribution in [-0.2, 0) is 6.61 Å². The first-order valence-electron chi connectivity index (χ1n) is 8.06. The van der Waals surface area contributed by atoms with Crippen molar-refractivity contribution in [3.8, 4) is 18.4 Å². The fraction of sp³-hybridized carbons (Fsp3) is 0.316. The Balaban J connectivity index is 2.08. The lowest BCUT2D eigenvalue weighted by molar-refractivity contribution is 0.279. The third-order valence-electron chi connectivity index (χ3n) is 3.41. The molecule has 0 atom stereocenters. The molecule has 6 heteroatoms. The zero-order valence-electron chi connectivity index (χ0n) is 14.0. The van der Waals surface area contributed by atoms with Crippen LogP contribution in [0.4, 0.5) is 14.6 Å². The average Bonchev–Trinajstić information content (AvgIpc) is 2.62. The van der Waals surface area contributed by atoms with Crippen molar-refractivity contribution in [2.24, 2.45) is 4.99 Å². The standard InChI is InChI=1S/C19H19F2N3O/c1-3-5-6-7-16(4-2)23-18-17(21)12-22-19(24-18)25-13-14-8-10-15(20)11-9-14/h2,8-12H,3,5-7,13H2,1H3/b23-16-. The molecule has 0 bridgehead atoms. The number of rotatable bonds is 8. The molecule has 0 aliphatic carbocycles. The maximum absolute atomic E-state index is 13.9. The Morgan fingerprint density at radius 2 is 2.00 bits per heavy atom. The van der Waals surface area contributed by atoms with Crippen LogP contribution in [0.2, 0.25) is 0 Å². The van der Waals surface area contributed by atoms with Gasteiger partial charge in [-0.25, -0.2) is 18.8 Å². The van der Waals surface area contributed by atoms with Crippen molar-refractivity contribution in [2.45, 2.75) is 39.2 Å². The minimum atomic E-state index is -0.669. The van der Waals surface area contributed by atoms with E-state index in [-0.39, 0.29) is 24.3 Å². The van der Waals surface area contributed by atoms with Crippen LogP contribution in [0.15, 0.2) is 35.5 Å². The van der Waals surface area contributed by atoms with Gasteiger partial charge in [0, 0.05) is 0 Å². The number of halogens is 2. The second kappa shape index (κ2) is 9.48. The average molecular weight is 343 g/mol. The van der Waals surface area contributed by atoms with Gasteiger partial charge in [0.2, 0.25) is 0 Å². The van der Waals surface area contributed by atoms with Gasteiger partial charge in [-0.15, -0.1) is 6.42 Å². The third-order valence-corrected chi connectivity index (χ3v) is 3.41. The minimum Gasteiger partial charge on any atom is -0.459 e. The van der Waals surface area contributed by atoms with E-state index < -0.39 is 5.82 Å². The van der Waals surface area contributed by atoms with Crippen LogP contribution >= 0.6 is 0 Å². The summed E-state index contributed by atoms with van der Waals surface area (Å²) in [5.41, 5.74) is 1.18. The summed E-state index contributed by atoms with van der Waals surface area (Å²) in [4.78, 5) is 11.8. The van der Waals surface area contributed by atoms with Gasteiger partial charge in [0.15, 0.2) is 11.6 Å². The fourth-order valence-corrected chi connectivity index (χ4v) is 2.05. The highest BCUT2D eigenvalue weighted by Gasteiger charge is 2.09. The number of benzene rings is 1. The minimum absolute atomic E-state index is 0.0191. The molecule has 0 saturated heterocycles. The smallest absolute Gasteiger partial charge is 0.318 e. The van der Waals surface area contributed by atoms with Crippen LogP contribution in [0.25, 0.3) is 0 Å². The summed E-state index contributed by atoms with van der Waals surface area (Å²) >= 11 is 0. The van der Waals surface area contributed by atoms with Gasteiger partial charge in [0.1, 0.15) is 12.4 Å². The number of hydrogen-bond donors (Lipinski definition) is 0. The van der Waals surface area contributed by atoms with E-state index in [1.165, 1.54) is 12.1 Å². The van der Waals surface area contributed by atoms with Crippen LogP contribution in [0, 0.1) is 24.0 Å². The number of aliphatic imine (C=N–C) groups is 1. The van der Waals surface area contributed by atoms with Gasteiger partial charge in [-0.05, 0) is 30.5 Å². The Kier molecular flexibility index (Phi) is 7.02. The molecule has 0 N–H and O–H groups in total. The number of terminal acetylenes is 1. The maximum atomic E-state index is 13.9. The highest BCUT2D eigenvalue weighted by molar-refractivity contribution is 6.01. The van der Waals surface area contributed by atoms with Gasteiger partial charge in [0.05, 0.1) is 11.9 Å². The molecule has 0 aliphatic rings. The zero-order valence-corrected chi connectivity index (χ0v) is 14.0. The van der Waals surface area contributed by atoms with E-state index in [1.54, 1.807) is 12.1 Å². The first-order chi connectivity index (χ1) is 12.1. The molecule has 4 nitrogen and oxygen atoms in total. The summed E-state index contributed by atoms with van der Waals surface area (Å²) in [5.74, 6) is 1.32. The lowest BCUT2D eigenvalue weighted by atomic mass is 10.1. The first-order valence-corrected chi connectivity index (χ1v) is 8.06. The molecular formula is C19H19F2N3O. The molecule has 25 heavy (non-hydrogen) atoms. The summed E-state index contributed by atoms with van der Waals surface area (Å²) in [6.07, 6.45) is 9.99. The van der Waals surface area contributed by atoms with Gasteiger partial charge in [-0.3, -0.25) is 0 Å². The summed E-state index contributed by atoms with van der Waals surface area (Å²) < 4.78 is 32.1. The molecule has 0 aliphatic heterocycles. The van der Waals surface area contributed by atoms with E-state index >= 15 is 0 Å². The van der Waals surface area contributed by atoms with Gasteiger partial charge in [-0.2, -0.15) is 4.98 Å². The topological polar surface area (TPSA) is 47.4 Å². The van der Waals surface area contributed by atoms with E-state index in [0.29, 0.717) is 12.1 Å². The molecular weight excluding hydrogens is 324 g/mol. The summed E-state index contributed by atoms with van der Waals surface area (Å²) in [7, 11) is 0. The Labute approximate surface area is 146 Å². The number of aromatic nitrogens is 2. The maximum Gasteiger partial charge on any atom is 0.318 e. The molecule has 2 aromatic rings. The van der Waals surface area contributed by atoms with Crippen molar-refractivity contribution in [3.05, 3.63) is 47.7 Å². The highest BCUT2D eigenvalue weighted by atomic mass is 19.1. The van der Waals surface area contributed by atoms with Crippen molar-refractivity contribution < 1.29 is 13.5 Å². The number of nitrogens with zero attached hydrogens (tertiary/aromatic N) is 3. The molecule has 1 aromatic heterocycles. The van der Waals surface area contributed by atoms with E-state index in [4.69, 9.17) is 11.2 Å². The number of hydrogen-bond acceptors (Lipinski definition) is 4. The van der Waals surface area contributed by atoms with Crippen LogP contribution in [0.1, 0.15) is 38.2 Å². The summed E-state index contributed by atoms with van der Waals surface area (Å²) in [6.45, 7) is 2.22. The molecule has 130 valence electrons. The van der Waals surface area contributed by atoms with Crippen molar-refractivity contribution in [1.82, 2.24) is 9.97 Å². The first kappa shape index (κ1) is 18.5. The van der Waals surface area contributed by atoms with Crippen LogP contribution in [0.3, 0.4) is 0 Å². The molecule has 0 unspecified atom stereocenters. The third kappa shape index (κ3) is 5.96. The predicted molar refractivity (Wildman–Crippen MR) is 92.8 cm³/mol. The Morgan fingerprint density at radius 3 is 2.68 bits per heavy atom. The van der Waals surface area contributed by atoms with Crippen molar-refractivity contribution in [2.75, 3.05) is 0 Å². The van der Waals surface area contributed by atoms with Gasteiger partial charge in [0.25, 0.3) is 0 Å². The van der Waals surface area contributed by atoms with Gasteiger partial charge >= 0.3 is 6.01 Å². The Hall–Kier alpha value is -2.81.